The quantitative estimate of drug-likeness (QED) is 0.720. The van der Waals surface area contributed by atoms with Gasteiger partial charge in [-0.15, -0.1) is 0 Å². The van der Waals surface area contributed by atoms with Crippen LogP contribution in [0, 0.1) is 11.3 Å². The van der Waals surface area contributed by atoms with Gasteiger partial charge in [0.2, 0.25) is 11.6 Å². The molecule has 0 aliphatic carbocycles. The molecule has 0 amide bonds. The Morgan fingerprint density at radius 2 is 1.29 bits per heavy atom. The highest BCUT2D eigenvalue weighted by atomic mass is 19.4. The van der Waals surface area contributed by atoms with Gasteiger partial charge in [0, 0.05) is 0 Å². The van der Waals surface area contributed by atoms with Crippen LogP contribution in [0.1, 0.15) is 17.5 Å². The fourth-order valence-electron chi connectivity index (χ4n) is 0.823. The fourth-order valence-corrected chi connectivity index (χ4v) is 0.823. The van der Waals surface area contributed by atoms with Gasteiger partial charge in [-0.1, -0.05) is 0 Å². The highest BCUT2D eigenvalue weighted by molar-refractivity contribution is 5.05. The van der Waals surface area contributed by atoms with Gasteiger partial charge >= 0.3 is 12.4 Å². The van der Waals surface area contributed by atoms with Crippen LogP contribution in [0.4, 0.5) is 26.3 Å². The smallest absolute Gasteiger partial charge is 0.208 e. The maximum Gasteiger partial charge on any atom is 0.451 e. The first-order chi connectivity index (χ1) is 7.64. The maximum atomic E-state index is 12.2. The Morgan fingerprint density at radius 1 is 0.882 bits per heavy atom. The second-order valence-electron chi connectivity index (χ2n) is 2.73. The van der Waals surface area contributed by atoms with E-state index in [0.717, 1.165) is 0 Å². The third-order valence-electron chi connectivity index (χ3n) is 1.43. The molecule has 0 aliphatic rings. The first kappa shape index (κ1) is 13.1. The van der Waals surface area contributed by atoms with Gasteiger partial charge in [0.25, 0.3) is 0 Å². The molecule has 0 N–H and O–H groups in total. The Morgan fingerprint density at radius 3 is 1.59 bits per heavy atom. The SMILES string of the molecule is N#CCc1nc(C(F)(F)F)nc(C(F)(F)F)n1. The Balaban J connectivity index is 3.35. The molecule has 0 fully saturated rings. The number of alkyl halides is 6. The molecule has 1 aromatic heterocycles. The highest BCUT2D eigenvalue weighted by Gasteiger charge is 2.41. The van der Waals surface area contributed by atoms with Gasteiger partial charge in [-0.05, 0) is 0 Å². The summed E-state index contributed by atoms with van der Waals surface area (Å²) in [5.74, 6) is -4.81. The van der Waals surface area contributed by atoms with Gasteiger partial charge in [0.15, 0.2) is 0 Å². The Hall–Kier alpha value is -1.92. The van der Waals surface area contributed by atoms with Crippen LogP contribution in [-0.2, 0) is 18.8 Å². The summed E-state index contributed by atoms with van der Waals surface area (Å²) in [5.41, 5.74) is 0. The predicted octanol–water partition coefficient (Wildman–Crippen LogP) is 1.98. The van der Waals surface area contributed by atoms with E-state index in [1.54, 1.807) is 0 Å². The van der Waals surface area contributed by atoms with Crippen LogP contribution in [-0.4, -0.2) is 15.0 Å². The third kappa shape index (κ3) is 3.27. The molecule has 0 aromatic carbocycles. The van der Waals surface area contributed by atoms with Crippen LogP contribution in [0.3, 0.4) is 0 Å². The van der Waals surface area contributed by atoms with Gasteiger partial charge in [0.05, 0.1) is 12.5 Å². The lowest BCUT2D eigenvalue weighted by molar-refractivity contribution is -0.155. The summed E-state index contributed by atoms with van der Waals surface area (Å²) in [6, 6.07) is 1.35. The number of aromatic nitrogens is 3. The predicted molar refractivity (Wildman–Crippen MR) is 39.1 cm³/mol. The number of nitriles is 1. The molecule has 92 valence electrons. The second-order valence-corrected chi connectivity index (χ2v) is 2.73. The molecule has 1 rings (SSSR count). The normalized spacial score (nSPS) is 12.3. The summed E-state index contributed by atoms with van der Waals surface area (Å²) in [4.78, 5) is 7.75. The lowest BCUT2D eigenvalue weighted by Crippen LogP contribution is -2.20. The molecule has 0 atom stereocenters. The minimum atomic E-state index is -5.13. The molecular weight excluding hydrogens is 254 g/mol. The minimum Gasteiger partial charge on any atom is -0.208 e. The van der Waals surface area contributed by atoms with Crippen LogP contribution >= 0.6 is 0 Å². The number of rotatable bonds is 1. The molecule has 0 spiro atoms. The topological polar surface area (TPSA) is 62.5 Å². The van der Waals surface area contributed by atoms with Crippen molar-refractivity contribution in [3.8, 4) is 6.07 Å². The number of hydrogen-bond donors (Lipinski definition) is 0. The van der Waals surface area contributed by atoms with Crippen LogP contribution in [0.15, 0.2) is 0 Å². The summed E-state index contributed by atoms with van der Waals surface area (Å²) in [6.07, 6.45) is -11.0. The van der Waals surface area contributed by atoms with E-state index in [0.29, 0.717) is 0 Å². The number of hydrogen-bond acceptors (Lipinski definition) is 4. The lowest BCUT2D eigenvalue weighted by Gasteiger charge is -2.09. The highest BCUT2D eigenvalue weighted by Crippen LogP contribution is 2.30. The van der Waals surface area contributed by atoms with Crippen LogP contribution in [0.5, 0.6) is 0 Å². The Bertz CT molecular complexity index is 425. The van der Waals surface area contributed by atoms with E-state index < -0.39 is 36.2 Å². The van der Waals surface area contributed by atoms with E-state index >= 15 is 0 Å². The monoisotopic (exact) mass is 256 g/mol. The zero-order valence-electron chi connectivity index (χ0n) is 7.76. The average molecular weight is 256 g/mol. The first-order valence-corrected chi connectivity index (χ1v) is 3.91. The molecule has 0 radical (unpaired) electrons. The van der Waals surface area contributed by atoms with Gasteiger partial charge in [0.1, 0.15) is 5.82 Å². The molecule has 0 aliphatic heterocycles. The Kier molecular flexibility index (Phi) is 3.21. The summed E-state index contributed by atoms with van der Waals surface area (Å²) in [5, 5.41) is 8.19. The fraction of sp³-hybridized carbons (Fsp3) is 0.429. The van der Waals surface area contributed by atoms with Crippen molar-refractivity contribution in [2.75, 3.05) is 0 Å². The second kappa shape index (κ2) is 4.15. The van der Waals surface area contributed by atoms with Crippen molar-refractivity contribution >= 4 is 0 Å². The van der Waals surface area contributed by atoms with E-state index in [1.807, 2.05) is 0 Å². The van der Waals surface area contributed by atoms with Crippen molar-refractivity contribution in [2.45, 2.75) is 18.8 Å². The third-order valence-corrected chi connectivity index (χ3v) is 1.43. The van der Waals surface area contributed by atoms with E-state index in [2.05, 4.69) is 15.0 Å². The molecular formula is C7H2F6N4. The Labute approximate surface area is 89.9 Å². The number of halogens is 6. The molecule has 17 heavy (non-hydrogen) atoms. The van der Waals surface area contributed by atoms with Crippen molar-refractivity contribution < 1.29 is 26.3 Å². The molecule has 0 unspecified atom stereocenters. The van der Waals surface area contributed by atoms with Crippen LogP contribution < -0.4 is 0 Å². The molecule has 10 heteroatoms. The van der Waals surface area contributed by atoms with E-state index in [-0.39, 0.29) is 0 Å². The molecule has 0 saturated heterocycles. The van der Waals surface area contributed by atoms with Crippen LogP contribution in [0.2, 0.25) is 0 Å². The van der Waals surface area contributed by atoms with Crippen molar-refractivity contribution in [2.24, 2.45) is 0 Å². The summed E-state index contributed by atoms with van der Waals surface area (Å²) >= 11 is 0. The molecule has 0 saturated carbocycles. The average Bonchev–Trinajstić information content (AvgIpc) is 2.15. The summed E-state index contributed by atoms with van der Waals surface area (Å²) in [6.45, 7) is 0. The van der Waals surface area contributed by atoms with Gasteiger partial charge in [-0.2, -0.15) is 31.6 Å². The van der Waals surface area contributed by atoms with E-state index in [1.165, 1.54) is 6.07 Å². The van der Waals surface area contributed by atoms with E-state index in [4.69, 9.17) is 5.26 Å². The van der Waals surface area contributed by atoms with Gasteiger partial charge < -0.3 is 0 Å². The van der Waals surface area contributed by atoms with E-state index in [9.17, 15) is 26.3 Å². The van der Waals surface area contributed by atoms with Gasteiger partial charge in [-0.25, -0.2) is 15.0 Å². The number of nitrogens with zero attached hydrogens (tertiary/aromatic N) is 4. The zero-order chi connectivity index (χ0) is 13.3. The van der Waals surface area contributed by atoms with Crippen LogP contribution in [0.25, 0.3) is 0 Å². The first-order valence-electron chi connectivity index (χ1n) is 3.91. The van der Waals surface area contributed by atoms with Crippen molar-refractivity contribution in [3.05, 3.63) is 17.5 Å². The van der Waals surface area contributed by atoms with Crippen molar-refractivity contribution in [1.82, 2.24) is 15.0 Å². The van der Waals surface area contributed by atoms with Crippen molar-refractivity contribution in [1.29, 1.82) is 5.26 Å². The van der Waals surface area contributed by atoms with Crippen molar-refractivity contribution in [3.63, 3.8) is 0 Å². The molecule has 1 heterocycles. The largest absolute Gasteiger partial charge is 0.451 e. The zero-order valence-corrected chi connectivity index (χ0v) is 7.76. The van der Waals surface area contributed by atoms with Gasteiger partial charge in [-0.3, -0.25) is 0 Å². The maximum absolute atomic E-state index is 12.2. The standard InChI is InChI=1S/C7H2F6N4/c8-6(9,10)4-15-3(1-2-14)16-5(17-4)7(11,12)13/h1H2. The summed E-state index contributed by atoms with van der Waals surface area (Å²) in [7, 11) is 0. The summed E-state index contributed by atoms with van der Waals surface area (Å²) < 4.78 is 73.0. The molecule has 0 bridgehead atoms. The lowest BCUT2D eigenvalue weighted by atomic mass is 10.4. The molecule has 4 nitrogen and oxygen atoms in total. The molecule has 1 aromatic rings. The minimum absolute atomic E-state index is 0.769.